The van der Waals surface area contributed by atoms with Crippen LogP contribution in [0.1, 0.15) is 22.3 Å². The van der Waals surface area contributed by atoms with E-state index in [1.54, 1.807) is 28.4 Å². The van der Waals surface area contributed by atoms with Crippen LogP contribution in [0.3, 0.4) is 0 Å². The molecule has 0 aliphatic carbocycles. The number of hydrogen-bond acceptors (Lipinski definition) is 4. The summed E-state index contributed by atoms with van der Waals surface area (Å²) < 4.78 is 16.2. The predicted octanol–water partition coefficient (Wildman–Crippen LogP) is 3.19. The van der Waals surface area contributed by atoms with Gasteiger partial charge in [0.15, 0.2) is 17.5 Å². The van der Waals surface area contributed by atoms with Crippen molar-refractivity contribution in [3.63, 3.8) is 0 Å². The molecule has 6 heteroatoms. The molecule has 0 fully saturated rings. The maximum atomic E-state index is 5.40. The van der Waals surface area contributed by atoms with Gasteiger partial charge in [-0.15, -0.1) is 0 Å². The summed E-state index contributed by atoms with van der Waals surface area (Å²) in [6.07, 6.45) is 0. The van der Waals surface area contributed by atoms with E-state index in [1.165, 1.54) is 16.7 Å². The van der Waals surface area contributed by atoms with E-state index in [2.05, 4.69) is 47.7 Å². The van der Waals surface area contributed by atoms with Gasteiger partial charge >= 0.3 is 0 Å². The van der Waals surface area contributed by atoms with E-state index in [4.69, 9.17) is 14.2 Å². The highest BCUT2D eigenvalue weighted by Gasteiger charge is 2.13. The fraction of sp³-hybridized carbons (Fsp3) is 0.381. The van der Waals surface area contributed by atoms with Gasteiger partial charge in [-0.05, 0) is 42.7 Å². The lowest BCUT2D eigenvalue weighted by molar-refractivity contribution is 0.323. The van der Waals surface area contributed by atoms with Crippen LogP contribution in [0.5, 0.6) is 17.2 Å². The Morgan fingerprint density at radius 2 is 1.52 bits per heavy atom. The summed E-state index contributed by atoms with van der Waals surface area (Å²) >= 11 is 0. The first-order valence-electron chi connectivity index (χ1n) is 8.81. The van der Waals surface area contributed by atoms with Gasteiger partial charge in [0, 0.05) is 20.1 Å². The third-order valence-electron chi connectivity index (χ3n) is 4.35. The first-order valence-corrected chi connectivity index (χ1v) is 8.81. The number of aliphatic imine (C=N–C) groups is 1. The fourth-order valence-electron chi connectivity index (χ4n) is 2.87. The molecule has 6 nitrogen and oxygen atoms in total. The summed E-state index contributed by atoms with van der Waals surface area (Å²) in [5.41, 5.74) is 4.78. The number of ether oxygens (including phenoxy) is 3. The average Bonchev–Trinajstić information content (AvgIpc) is 2.68. The molecular formula is C21H29N3O3. The van der Waals surface area contributed by atoms with E-state index in [9.17, 15) is 0 Å². The Labute approximate surface area is 161 Å². The van der Waals surface area contributed by atoms with Crippen molar-refractivity contribution in [2.75, 3.05) is 28.4 Å². The van der Waals surface area contributed by atoms with E-state index < -0.39 is 0 Å². The number of nitrogens with zero attached hydrogens (tertiary/aromatic N) is 1. The summed E-state index contributed by atoms with van der Waals surface area (Å²) in [4.78, 5) is 4.29. The highest BCUT2D eigenvalue weighted by atomic mass is 16.5. The van der Waals surface area contributed by atoms with Crippen LogP contribution in [0, 0.1) is 13.8 Å². The van der Waals surface area contributed by atoms with Gasteiger partial charge in [0.1, 0.15) is 0 Å². The van der Waals surface area contributed by atoms with Gasteiger partial charge in [0.2, 0.25) is 5.75 Å². The Hall–Kier alpha value is -2.89. The third kappa shape index (κ3) is 5.29. The van der Waals surface area contributed by atoms with Crippen LogP contribution in [0.25, 0.3) is 0 Å². The maximum absolute atomic E-state index is 5.40. The minimum absolute atomic E-state index is 0.573. The second kappa shape index (κ2) is 9.71. The molecular weight excluding hydrogens is 342 g/mol. The van der Waals surface area contributed by atoms with E-state index in [-0.39, 0.29) is 0 Å². The molecule has 2 rings (SSSR count). The largest absolute Gasteiger partial charge is 0.493 e. The zero-order valence-corrected chi connectivity index (χ0v) is 17.0. The standard InChI is InChI=1S/C21H29N3O3/c1-14-7-8-17(15(2)9-14)13-24-21(22-3)23-12-16-10-18(25-4)20(27-6)19(11-16)26-5/h7-11H,12-13H2,1-6H3,(H2,22,23,24). The first-order chi connectivity index (χ1) is 13.0. The molecule has 0 saturated carbocycles. The second-order valence-corrected chi connectivity index (χ2v) is 6.24. The van der Waals surface area contributed by atoms with Crippen LogP contribution in [0.15, 0.2) is 35.3 Å². The average molecular weight is 371 g/mol. The zero-order valence-electron chi connectivity index (χ0n) is 17.0. The number of methoxy groups -OCH3 is 3. The first kappa shape index (κ1) is 20.4. The van der Waals surface area contributed by atoms with E-state index in [1.807, 2.05) is 12.1 Å². The van der Waals surface area contributed by atoms with Crippen LogP contribution in [-0.4, -0.2) is 34.3 Å². The Morgan fingerprint density at radius 3 is 2.04 bits per heavy atom. The molecule has 0 atom stereocenters. The third-order valence-corrected chi connectivity index (χ3v) is 4.35. The molecule has 27 heavy (non-hydrogen) atoms. The highest BCUT2D eigenvalue weighted by molar-refractivity contribution is 5.79. The van der Waals surface area contributed by atoms with Crippen molar-refractivity contribution in [2.45, 2.75) is 26.9 Å². The quantitative estimate of drug-likeness (QED) is 0.578. The van der Waals surface area contributed by atoms with Crippen LogP contribution < -0.4 is 24.8 Å². The molecule has 0 spiro atoms. The van der Waals surface area contributed by atoms with E-state index >= 15 is 0 Å². The molecule has 0 aliphatic heterocycles. The Kier molecular flexibility index (Phi) is 7.34. The number of rotatable bonds is 7. The summed E-state index contributed by atoms with van der Waals surface area (Å²) in [6.45, 7) is 5.50. The Balaban J connectivity index is 2.03. The smallest absolute Gasteiger partial charge is 0.203 e. The molecule has 0 saturated heterocycles. The number of hydrogen-bond donors (Lipinski definition) is 2. The van der Waals surface area contributed by atoms with Crippen LogP contribution in [-0.2, 0) is 13.1 Å². The lowest BCUT2D eigenvalue weighted by Gasteiger charge is -2.16. The number of nitrogens with one attached hydrogen (secondary N) is 2. The minimum Gasteiger partial charge on any atom is -0.493 e. The van der Waals surface area contributed by atoms with Crippen molar-refractivity contribution in [2.24, 2.45) is 4.99 Å². The van der Waals surface area contributed by atoms with Crippen molar-refractivity contribution in [1.29, 1.82) is 0 Å². The van der Waals surface area contributed by atoms with Crippen molar-refractivity contribution in [3.05, 3.63) is 52.6 Å². The molecule has 0 aliphatic rings. The zero-order chi connectivity index (χ0) is 19.8. The number of guanidine groups is 1. The molecule has 0 amide bonds. The van der Waals surface area contributed by atoms with Gasteiger partial charge in [-0.1, -0.05) is 23.8 Å². The van der Waals surface area contributed by atoms with Crippen LogP contribution >= 0.6 is 0 Å². The molecule has 0 aromatic heterocycles. The van der Waals surface area contributed by atoms with Crippen molar-refractivity contribution >= 4 is 5.96 Å². The fourth-order valence-corrected chi connectivity index (χ4v) is 2.87. The van der Waals surface area contributed by atoms with Gasteiger partial charge in [-0.3, -0.25) is 4.99 Å². The molecule has 0 unspecified atom stereocenters. The normalized spacial score (nSPS) is 11.1. The van der Waals surface area contributed by atoms with Gasteiger partial charge in [-0.25, -0.2) is 0 Å². The lowest BCUT2D eigenvalue weighted by Crippen LogP contribution is -2.36. The molecule has 2 aromatic carbocycles. The summed E-state index contributed by atoms with van der Waals surface area (Å²) in [5, 5.41) is 6.66. The molecule has 146 valence electrons. The van der Waals surface area contributed by atoms with Crippen LogP contribution in [0.4, 0.5) is 0 Å². The monoisotopic (exact) mass is 371 g/mol. The number of aryl methyl sites for hydroxylation is 2. The van der Waals surface area contributed by atoms with Crippen molar-refractivity contribution in [1.82, 2.24) is 10.6 Å². The summed E-state index contributed by atoms with van der Waals surface area (Å²) in [7, 11) is 6.57. The summed E-state index contributed by atoms with van der Waals surface area (Å²) in [5.74, 6) is 2.57. The number of benzene rings is 2. The molecule has 2 N–H and O–H groups in total. The molecule has 0 bridgehead atoms. The van der Waals surface area contributed by atoms with Gasteiger partial charge in [0.05, 0.1) is 21.3 Å². The van der Waals surface area contributed by atoms with Crippen molar-refractivity contribution < 1.29 is 14.2 Å². The summed E-state index contributed by atoms with van der Waals surface area (Å²) in [6, 6.07) is 10.3. The maximum Gasteiger partial charge on any atom is 0.203 e. The Bertz CT molecular complexity index is 778. The molecule has 0 heterocycles. The highest BCUT2D eigenvalue weighted by Crippen LogP contribution is 2.38. The SMILES string of the molecule is CN=C(NCc1cc(OC)c(OC)c(OC)c1)NCc1ccc(C)cc1C. The lowest BCUT2D eigenvalue weighted by atomic mass is 10.1. The van der Waals surface area contributed by atoms with Gasteiger partial charge in [-0.2, -0.15) is 0 Å². The molecule has 2 aromatic rings. The topological polar surface area (TPSA) is 64.1 Å². The van der Waals surface area contributed by atoms with Crippen LogP contribution in [0.2, 0.25) is 0 Å². The van der Waals surface area contributed by atoms with Gasteiger partial charge < -0.3 is 24.8 Å². The van der Waals surface area contributed by atoms with Gasteiger partial charge in [0.25, 0.3) is 0 Å². The molecule has 0 radical (unpaired) electrons. The van der Waals surface area contributed by atoms with E-state index in [0.29, 0.717) is 30.3 Å². The van der Waals surface area contributed by atoms with E-state index in [0.717, 1.165) is 11.5 Å². The Morgan fingerprint density at radius 1 is 0.889 bits per heavy atom. The predicted molar refractivity (Wildman–Crippen MR) is 109 cm³/mol. The second-order valence-electron chi connectivity index (χ2n) is 6.24. The van der Waals surface area contributed by atoms with Crippen molar-refractivity contribution in [3.8, 4) is 17.2 Å². The minimum atomic E-state index is 0.573.